The molecular weight excluding hydrogens is 156 g/mol. The molecule has 0 radical (unpaired) electrons. The van der Waals surface area contributed by atoms with Crippen LogP contribution in [-0.2, 0) is 8.92 Å². The Morgan fingerprint density at radius 1 is 1.70 bits per heavy atom. The summed E-state index contributed by atoms with van der Waals surface area (Å²) >= 11 is 0.582. The topological polar surface area (TPSA) is 73.9 Å². The Kier molecular flexibility index (Phi) is 4.47. The molecule has 0 unspecified atom stereocenters. The number of nitrogens with zero attached hydrogens (tertiary/aromatic N) is 1. The van der Waals surface area contributed by atoms with Crippen molar-refractivity contribution < 1.29 is 13.7 Å². The van der Waals surface area contributed by atoms with Gasteiger partial charge in [0.15, 0.2) is 5.90 Å². The lowest BCUT2D eigenvalue weighted by atomic mass is 10.8. The molecule has 0 aliphatic carbocycles. The summed E-state index contributed by atoms with van der Waals surface area (Å²) in [6.45, 7) is 1.62. The Balaban J connectivity index is 3.43. The van der Waals surface area contributed by atoms with Crippen LogP contribution < -0.4 is 5.73 Å². The van der Waals surface area contributed by atoms with Crippen molar-refractivity contribution in [2.45, 2.75) is 6.92 Å². The van der Waals surface area contributed by atoms with Gasteiger partial charge in [0, 0.05) is 6.92 Å². The molecule has 0 heterocycles. The molecule has 0 aromatic heterocycles. The molecule has 2 N–H and O–H groups in total. The highest BCUT2D eigenvalue weighted by molar-refractivity contribution is 7.93. The second-order valence-corrected chi connectivity index (χ2v) is 1.79. The van der Waals surface area contributed by atoms with E-state index in [9.17, 15) is 4.79 Å². The number of carbonyl (C=O) groups is 1. The van der Waals surface area contributed by atoms with Crippen LogP contribution in [0.3, 0.4) is 0 Å². The molecule has 0 atom stereocenters. The van der Waals surface area contributed by atoms with E-state index in [-0.39, 0.29) is 0 Å². The fourth-order valence-corrected chi connectivity index (χ4v) is 0.435. The first-order chi connectivity index (χ1) is 4.66. The third kappa shape index (κ3) is 5.23. The van der Waals surface area contributed by atoms with Crippen LogP contribution in [0.25, 0.3) is 0 Å². The maximum absolute atomic E-state index is 9.94. The normalized spacial score (nSPS) is 10.8. The molecule has 1 amide bonds. The number of amides is 1. The molecule has 58 valence electrons. The van der Waals surface area contributed by atoms with Gasteiger partial charge in [-0.3, -0.25) is 0 Å². The summed E-state index contributed by atoms with van der Waals surface area (Å²) in [5.74, 6) is 0.409. The van der Waals surface area contributed by atoms with E-state index in [0.717, 1.165) is 0 Å². The van der Waals surface area contributed by atoms with Crippen LogP contribution in [0.4, 0.5) is 4.79 Å². The number of primary amides is 1. The van der Waals surface area contributed by atoms with E-state index in [0.29, 0.717) is 18.1 Å². The predicted octanol–water partition coefficient (Wildman–Crippen LogP) is 0.710. The first kappa shape index (κ1) is 9.09. The first-order valence-corrected chi connectivity index (χ1v) is 3.08. The van der Waals surface area contributed by atoms with Gasteiger partial charge in [-0.05, 0) is 0 Å². The number of rotatable bonds is 2. The Labute approximate surface area is 62.9 Å². The van der Waals surface area contributed by atoms with Gasteiger partial charge < -0.3 is 14.7 Å². The van der Waals surface area contributed by atoms with E-state index >= 15 is 0 Å². The van der Waals surface area contributed by atoms with Gasteiger partial charge in [-0.1, -0.05) is 0 Å². The lowest BCUT2D eigenvalue weighted by Crippen LogP contribution is -2.08. The van der Waals surface area contributed by atoms with E-state index in [1.807, 2.05) is 0 Å². The molecule has 0 aliphatic heterocycles. The molecule has 0 aromatic rings. The van der Waals surface area contributed by atoms with Crippen molar-refractivity contribution in [3.8, 4) is 0 Å². The lowest BCUT2D eigenvalue weighted by Gasteiger charge is -1.94. The highest BCUT2D eigenvalue weighted by Gasteiger charge is 1.92. The van der Waals surface area contributed by atoms with E-state index in [4.69, 9.17) is 0 Å². The average Bonchev–Trinajstić information content (AvgIpc) is 1.87. The van der Waals surface area contributed by atoms with Crippen LogP contribution in [0.1, 0.15) is 6.92 Å². The summed E-state index contributed by atoms with van der Waals surface area (Å²) in [5, 5.41) is 0. The van der Waals surface area contributed by atoms with Crippen molar-refractivity contribution in [2.75, 3.05) is 7.11 Å². The Morgan fingerprint density at radius 3 is 2.70 bits per heavy atom. The standard InChI is InChI=1S/C4H8N2O3S/c1-3(8-2)6-10-9-4(5)7/h1-2H3,(H2,5,7)/b6-3+. The van der Waals surface area contributed by atoms with Crippen LogP contribution in [0.15, 0.2) is 4.40 Å². The van der Waals surface area contributed by atoms with E-state index in [1.54, 1.807) is 6.92 Å². The molecule has 0 bridgehead atoms. The Bertz CT molecular complexity index is 147. The number of methoxy groups -OCH3 is 1. The molecule has 0 saturated carbocycles. The van der Waals surface area contributed by atoms with Crippen molar-refractivity contribution in [1.82, 2.24) is 0 Å². The number of hydrogen-bond acceptors (Lipinski definition) is 5. The van der Waals surface area contributed by atoms with Crippen molar-refractivity contribution in [2.24, 2.45) is 10.1 Å². The SMILES string of the molecule is CO/C(C)=N/SOC(N)=O. The smallest absolute Gasteiger partial charge is 0.418 e. The zero-order valence-corrected chi connectivity index (χ0v) is 6.47. The van der Waals surface area contributed by atoms with Gasteiger partial charge >= 0.3 is 6.09 Å². The van der Waals surface area contributed by atoms with Crippen molar-refractivity contribution >= 4 is 24.2 Å². The summed E-state index contributed by atoms with van der Waals surface area (Å²) in [4.78, 5) is 9.94. The summed E-state index contributed by atoms with van der Waals surface area (Å²) in [5.41, 5.74) is 4.63. The van der Waals surface area contributed by atoms with Crippen LogP contribution in [-0.4, -0.2) is 19.1 Å². The fraction of sp³-hybridized carbons (Fsp3) is 0.500. The minimum atomic E-state index is -0.877. The molecule has 0 aromatic carbocycles. The molecule has 10 heavy (non-hydrogen) atoms. The molecular formula is C4H8N2O3S. The Hall–Kier alpha value is -0.910. The third-order valence-corrected chi connectivity index (χ3v) is 1.15. The first-order valence-electron chi connectivity index (χ1n) is 2.38. The van der Waals surface area contributed by atoms with Gasteiger partial charge in [0.1, 0.15) is 0 Å². The zero-order valence-electron chi connectivity index (χ0n) is 5.66. The molecule has 0 spiro atoms. The number of ether oxygens (including phenoxy) is 1. The van der Waals surface area contributed by atoms with Crippen LogP contribution in [0, 0.1) is 0 Å². The number of carbonyl (C=O) groups excluding carboxylic acids is 1. The minimum absolute atomic E-state index is 0.409. The molecule has 0 aliphatic rings. The second-order valence-electron chi connectivity index (χ2n) is 1.29. The largest absolute Gasteiger partial charge is 0.484 e. The van der Waals surface area contributed by atoms with Gasteiger partial charge in [0.05, 0.1) is 7.11 Å². The van der Waals surface area contributed by atoms with Crippen LogP contribution in [0.2, 0.25) is 0 Å². The van der Waals surface area contributed by atoms with Gasteiger partial charge in [-0.25, -0.2) is 4.79 Å². The quantitative estimate of drug-likeness (QED) is 0.282. The lowest BCUT2D eigenvalue weighted by molar-refractivity contribution is 0.218. The molecule has 0 saturated heterocycles. The highest BCUT2D eigenvalue weighted by Crippen LogP contribution is 2.03. The predicted molar refractivity (Wildman–Crippen MR) is 38.4 cm³/mol. The monoisotopic (exact) mass is 164 g/mol. The minimum Gasteiger partial charge on any atom is -0.484 e. The molecule has 6 heteroatoms. The number of nitrogens with two attached hydrogens (primary N) is 1. The van der Waals surface area contributed by atoms with E-state index in [1.165, 1.54) is 7.11 Å². The zero-order chi connectivity index (χ0) is 7.98. The van der Waals surface area contributed by atoms with Crippen molar-refractivity contribution in [1.29, 1.82) is 0 Å². The molecule has 0 rings (SSSR count). The van der Waals surface area contributed by atoms with Gasteiger partial charge in [-0.15, -0.1) is 4.40 Å². The van der Waals surface area contributed by atoms with Crippen molar-refractivity contribution in [3.05, 3.63) is 0 Å². The van der Waals surface area contributed by atoms with Crippen LogP contribution in [0.5, 0.6) is 0 Å². The second kappa shape index (κ2) is 4.92. The average molecular weight is 164 g/mol. The molecule has 5 nitrogen and oxygen atoms in total. The summed E-state index contributed by atoms with van der Waals surface area (Å²) in [6, 6.07) is 0. The summed E-state index contributed by atoms with van der Waals surface area (Å²) in [6.07, 6.45) is -0.877. The third-order valence-electron chi connectivity index (χ3n) is 0.581. The van der Waals surface area contributed by atoms with Crippen molar-refractivity contribution in [3.63, 3.8) is 0 Å². The van der Waals surface area contributed by atoms with Gasteiger partial charge in [-0.2, -0.15) is 0 Å². The number of hydrogen-bond donors (Lipinski definition) is 1. The van der Waals surface area contributed by atoms with E-state index in [2.05, 4.69) is 19.1 Å². The maximum Gasteiger partial charge on any atom is 0.418 e. The molecule has 0 fully saturated rings. The summed E-state index contributed by atoms with van der Waals surface area (Å²) in [7, 11) is 1.46. The summed E-state index contributed by atoms with van der Waals surface area (Å²) < 4.78 is 12.4. The van der Waals surface area contributed by atoms with E-state index < -0.39 is 6.09 Å². The highest BCUT2D eigenvalue weighted by atomic mass is 32.2. The van der Waals surface area contributed by atoms with Gasteiger partial charge in [0.2, 0.25) is 12.2 Å². The van der Waals surface area contributed by atoms with Gasteiger partial charge in [0.25, 0.3) is 0 Å². The fourth-order valence-electron chi connectivity index (χ4n) is 0.145. The van der Waals surface area contributed by atoms with Crippen LogP contribution >= 0.6 is 12.2 Å². The maximum atomic E-state index is 9.94. The Morgan fingerprint density at radius 2 is 2.30 bits per heavy atom.